The zero-order chi connectivity index (χ0) is 27.8. The lowest BCUT2D eigenvalue weighted by molar-refractivity contribution is -0.538. The molecular weight excluding hydrogens is 452 g/mol. The fraction of sp³-hybridized carbons (Fsp3) is 0.889. The maximum Gasteiger partial charge on any atom is 0.306 e. The lowest BCUT2D eigenvalue weighted by Crippen LogP contribution is -2.41. The fourth-order valence-electron chi connectivity index (χ4n) is 2.21. The molecule has 8 heteroatoms. The Bertz CT molecular complexity index is 596. The smallest absolute Gasteiger partial charge is 0.306 e. The Hall–Kier alpha value is -1.37. The van der Waals surface area contributed by atoms with Gasteiger partial charge in [-0.25, -0.2) is 9.78 Å². The van der Waals surface area contributed by atoms with Crippen molar-refractivity contribution < 1.29 is 39.2 Å². The summed E-state index contributed by atoms with van der Waals surface area (Å²) in [5.74, 6) is 0.0910. The fourth-order valence-corrected chi connectivity index (χ4v) is 2.21. The molecule has 0 fully saturated rings. The molecule has 0 radical (unpaired) electrons. The number of carboxylic acids is 1. The van der Waals surface area contributed by atoms with Crippen LogP contribution in [0.3, 0.4) is 0 Å². The highest BCUT2D eigenvalue weighted by molar-refractivity contribution is 5.70. The van der Waals surface area contributed by atoms with Crippen LogP contribution in [0.5, 0.6) is 0 Å². The first kappa shape index (κ1) is 35.8. The van der Waals surface area contributed by atoms with Gasteiger partial charge in [0.05, 0.1) is 17.1 Å². The maximum absolute atomic E-state index is 11.5. The van der Waals surface area contributed by atoms with E-state index < -0.39 is 28.9 Å². The number of rotatable bonds is 13. The third-order valence-electron chi connectivity index (χ3n) is 3.87. The molecule has 0 aromatic carbocycles. The van der Waals surface area contributed by atoms with Crippen molar-refractivity contribution in [1.29, 1.82) is 0 Å². The van der Waals surface area contributed by atoms with Crippen LogP contribution >= 0.6 is 0 Å². The van der Waals surface area contributed by atoms with Gasteiger partial charge < -0.3 is 5.11 Å². The van der Waals surface area contributed by atoms with Crippen LogP contribution in [0.1, 0.15) is 128 Å². The van der Waals surface area contributed by atoms with Gasteiger partial charge in [0.25, 0.3) is 0 Å². The van der Waals surface area contributed by atoms with E-state index in [0.29, 0.717) is 6.42 Å². The molecule has 0 saturated carbocycles. The summed E-state index contributed by atoms with van der Waals surface area (Å²) in [6, 6.07) is 0. The number of carboxylic acid groups (broad SMARTS) is 1. The minimum Gasteiger partial charge on any atom is -0.481 e. The molecule has 1 unspecified atom stereocenters. The van der Waals surface area contributed by atoms with Gasteiger partial charge in [-0.1, -0.05) is 39.0 Å². The molecule has 0 aromatic rings. The average Bonchev–Trinajstić information content (AvgIpc) is 2.69. The van der Waals surface area contributed by atoms with Crippen LogP contribution in [0.25, 0.3) is 0 Å². The molecule has 0 bridgehead atoms. The number of aliphatic carboxylic acids is 1. The lowest BCUT2D eigenvalue weighted by atomic mass is 9.94. The number of carbonyl (C=O) groups is 1. The molecule has 0 amide bonds. The van der Waals surface area contributed by atoms with Crippen LogP contribution in [0.15, 0.2) is 0 Å². The molecule has 0 saturated heterocycles. The van der Waals surface area contributed by atoms with Crippen molar-refractivity contribution in [2.24, 2.45) is 5.92 Å². The largest absolute Gasteiger partial charge is 0.481 e. The van der Waals surface area contributed by atoms with E-state index in [4.69, 9.17) is 24.4 Å². The topological polar surface area (TPSA) is 92.7 Å². The van der Waals surface area contributed by atoms with Crippen molar-refractivity contribution in [2.45, 2.75) is 151 Å². The van der Waals surface area contributed by atoms with E-state index in [-0.39, 0.29) is 12.0 Å². The van der Waals surface area contributed by atoms with Gasteiger partial charge in [0.1, 0.15) is 5.60 Å². The minimum atomic E-state index is -1.31. The molecule has 208 valence electrons. The predicted octanol–water partition coefficient (Wildman–Crippen LogP) is 7.36. The second kappa shape index (κ2) is 17.1. The second-order valence-electron chi connectivity index (χ2n) is 11.7. The van der Waals surface area contributed by atoms with E-state index in [1.165, 1.54) is 0 Å². The first-order valence-electron chi connectivity index (χ1n) is 12.6. The monoisotopic (exact) mass is 504 g/mol. The third-order valence-corrected chi connectivity index (χ3v) is 3.87. The van der Waals surface area contributed by atoms with Gasteiger partial charge in [-0.3, -0.25) is 9.68 Å². The van der Waals surface area contributed by atoms with Crippen molar-refractivity contribution in [3.05, 3.63) is 0 Å². The standard InChI is InChI=1S/C17H34O6.C10H18O2/c1-9-10-11-13(14(18)19)12-17(8,22-20-15(2,3)4)23-21-16(5,6)7;1-5-6-7-8-9-11-12-10(2,3)4/h13H,9-12H2,1-8H3,(H,18,19);5-7H2,1-4H3. The molecule has 35 heavy (non-hydrogen) atoms. The van der Waals surface area contributed by atoms with Crippen molar-refractivity contribution in [1.82, 2.24) is 0 Å². The van der Waals surface area contributed by atoms with E-state index in [9.17, 15) is 9.90 Å². The summed E-state index contributed by atoms with van der Waals surface area (Å²) in [5, 5.41) is 9.43. The van der Waals surface area contributed by atoms with Gasteiger partial charge in [0, 0.05) is 12.8 Å². The van der Waals surface area contributed by atoms with Gasteiger partial charge in [-0.05, 0) is 82.1 Å². The zero-order valence-corrected chi connectivity index (χ0v) is 24.3. The quantitative estimate of drug-likeness (QED) is 0.0914. The van der Waals surface area contributed by atoms with Gasteiger partial charge in [0.2, 0.25) is 5.79 Å². The first-order valence-corrected chi connectivity index (χ1v) is 12.6. The highest BCUT2D eigenvalue weighted by Gasteiger charge is 2.38. The molecule has 8 nitrogen and oxygen atoms in total. The van der Waals surface area contributed by atoms with Crippen molar-refractivity contribution in [3.63, 3.8) is 0 Å². The first-order chi connectivity index (χ1) is 15.8. The Morgan fingerprint density at radius 3 is 1.57 bits per heavy atom. The summed E-state index contributed by atoms with van der Waals surface area (Å²) in [6.45, 7) is 22.6. The molecule has 1 atom stereocenters. The highest BCUT2D eigenvalue weighted by Crippen LogP contribution is 2.30. The van der Waals surface area contributed by atoms with Crippen LogP contribution in [-0.4, -0.2) is 33.7 Å². The maximum atomic E-state index is 11.5. The van der Waals surface area contributed by atoms with Gasteiger partial charge in [-0.15, -0.1) is 0 Å². The van der Waals surface area contributed by atoms with Crippen LogP contribution in [0.4, 0.5) is 0 Å². The van der Waals surface area contributed by atoms with Gasteiger partial charge in [-0.2, -0.15) is 14.7 Å². The summed E-state index contributed by atoms with van der Waals surface area (Å²) in [4.78, 5) is 42.7. The minimum absolute atomic E-state index is 0.133. The number of hydrogen-bond donors (Lipinski definition) is 1. The van der Waals surface area contributed by atoms with Crippen molar-refractivity contribution in [2.75, 3.05) is 0 Å². The molecule has 0 aromatic heterocycles. The normalized spacial score (nSPS) is 13.3. The lowest BCUT2D eigenvalue weighted by Gasteiger charge is -2.34. The Labute approximate surface area is 214 Å². The van der Waals surface area contributed by atoms with E-state index in [1.807, 2.05) is 69.2 Å². The van der Waals surface area contributed by atoms with E-state index in [0.717, 1.165) is 32.1 Å². The molecule has 0 spiro atoms. The molecule has 1 N–H and O–H groups in total. The Balaban J connectivity index is 0. The van der Waals surface area contributed by atoms with Crippen LogP contribution in [-0.2, 0) is 34.1 Å². The molecule has 0 aliphatic heterocycles. The third kappa shape index (κ3) is 25.5. The zero-order valence-electron chi connectivity index (χ0n) is 24.3. The van der Waals surface area contributed by atoms with Gasteiger partial charge in [0.15, 0.2) is 6.11 Å². The average molecular weight is 505 g/mol. The Morgan fingerprint density at radius 1 is 0.743 bits per heavy atom. The van der Waals surface area contributed by atoms with Crippen LogP contribution in [0, 0.1) is 17.9 Å². The summed E-state index contributed by atoms with van der Waals surface area (Å²) >= 11 is 0. The van der Waals surface area contributed by atoms with E-state index in [2.05, 4.69) is 23.8 Å². The molecule has 0 rings (SSSR count). The van der Waals surface area contributed by atoms with Crippen LogP contribution in [0.2, 0.25) is 0 Å². The summed E-state index contributed by atoms with van der Waals surface area (Å²) < 4.78 is 0. The van der Waals surface area contributed by atoms with E-state index in [1.54, 1.807) is 6.92 Å². The van der Waals surface area contributed by atoms with E-state index >= 15 is 0 Å². The Morgan fingerprint density at radius 2 is 1.20 bits per heavy atom. The SMILES string of the molecule is CCCCC#COOC(C)(C)C.CCCCC(CC(C)(OOC(C)(C)C)OOC(C)(C)C)C(=O)O. The molecule has 0 aliphatic rings. The Kier molecular flexibility index (Phi) is 17.5. The summed E-state index contributed by atoms with van der Waals surface area (Å²) in [7, 11) is 0. The molecular formula is C27H52O8. The second-order valence-corrected chi connectivity index (χ2v) is 11.7. The number of hydrogen-bond acceptors (Lipinski definition) is 7. The van der Waals surface area contributed by atoms with Crippen molar-refractivity contribution >= 4 is 5.97 Å². The molecule has 0 aliphatic carbocycles. The van der Waals surface area contributed by atoms with Crippen molar-refractivity contribution in [3.8, 4) is 12.0 Å². The predicted molar refractivity (Wildman–Crippen MR) is 137 cm³/mol. The van der Waals surface area contributed by atoms with Gasteiger partial charge >= 0.3 is 5.97 Å². The summed E-state index contributed by atoms with van der Waals surface area (Å²) in [5.41, 5.74) is -1.37. The van der Waals surface area contributed by atoms with Crippen LogP contribution < -0.4 is 0 Å². The summed E-state index contributed by atoms with van der Waals surface area (Å²) in [6.07, 6.45) is 8.11. The molecule has 0 heterocycles. The number of unbranched alkanes of at least 4 members (excludes halogenated alkanes) is 3. The highest BCUT2D eigenvalue weighted by atomic mass is 17.3.